The van der Waals surface area contributed by atoms with Crippen molar-refractivity contribution in [3.63, 3.8) is 0 Å². The van der Waals surface area contributed by atoms with Crippen molar-refractivity contribution in [2.24, 2.45) is 5.92 Å². The molecule has 0 aliphatic carbocycles. The number of pyridine rings is 1. The highest BCUT2D eigenvalue weighted by Gasteiger charge is 2.34. The first kappa shape index (κ1) is 18.3. The van der Waals surface area contributed by atoms with E-state index in [1.807, 2.05) is 53.9 Å². The van der Waals surface area contributed by atoms with Crippen molar-refractivity contribution in [1.82, 2.24) is 20.2 Å². The number of benzene rings is 1. The molecule has 1 aliphatic rings. The molecule has 1 aromatic carbocycles. The normalized spacial score (nSPS) is 16.4. The van der Waals surface area contributed by atoms with Gasteiger partial charge in [-0.25, -0.2) is 4.98 Å². The monoisotopic (exact) mass is 392 g/mol. The molecule has 2 amide bonds. The third kappa shape index (κ3) is 4.26. The van der Waals surface area contributed by atoms with Gasteiger partial charge in [-0.1, -0.05) is 36.4 Å². The van der Waals surface area contributed by atoms with Gasteiger partial charge in [0.05, 0.1) is 23.9 Å². The van der Waals surface area contributed by atoms with Crippen LogP contribution in [0.15, 0.2) is 60.1 Å². The highest BCUT2D eigenvalue weighted by atomic mass is 32.1. The number of rotatable bonds is 6. The number of nitrogens with one attached hydrogen (secondary N) is 1. The minimum Gasteiger partial charge on any atom is -0.350 e. The SMILES string of the molecule is O=C(NCc1csc(-c2ccccn2)n1)C1CC(=O)N(Cc2ccccc2)C1. The zero-order valence-electron chi connectivity index (χ0n) is 15.2. The molecular formula is C21H20N4O2S. The van der Waals surface area contributed by atoms with E-state index >= 15 is 0 Å². The molecule has 1 unspecified atom stereocenters. The van der Waals surface area contributed by atoms with E-state index in [1.165, 1.54) is 11.3 Å². The number of carbonyl (C=O) groups is 2. The van der Waals surface area contributed by atoms with Gasteiger partial charge in [0.15, 0.2) is 0 Å². The fraction of sp³-hybridized carbons (Fsp3) is 0.238. The van der Waals surface area contributed by atoms with Crippen molar-refractivity contribution in [1.29, 1.82) is 0 Å². The Morgan fingerprint density at radius 1 is 1.18 bits per heavy atom. The number of aromatic nitrogens is 2. The van der Waals surface area contributed by atoms with Gasteiger partial charge in [-0.15, -0.1) is 11.3 Å². The number of carbonyl (C=O) groups excluding carboxylic acids is 2. The summed E-state index contributed by atoms with van der Waals surface area (Å²) in [4.78, 5) is 35.3. The smallest absolute Gasteiger partial charge is 0.225 e. The van der Waals surface area contributed by atoms with Crippen molar-refractivity contribution in [2.45, 2.75) is 19.5 Å². The lowest BCUT2D eigenvalue weighted by Gasteiger charge is -2.16. The molecule has 142 valence electrons. The third-order valence-electron chi connectivity index (χ3n) is 4.68. The lowest BCUT2D eigenvalue weighted by Crippen LogP contribution is -2.32. The third-order valence-corrected chi connectivity index (χ3v) is 5.59. The first-order valence-electron chi connectivity index (χ1n) is 9.14. The van der Waals surface area contributed by atoms with Crippen LogP contribution >= 0.6 is 11.3 Å². The molecule has 0 spiro atoms. The van der Waals surface area contributed by atoms with Gasteiger partial charge in [0.1, 0.15) is 5.01 Å². The van der Waals surface area contributed by atoms with E-state index in [0.29, 0.717) is 19.6 Å². The van der Waals surface area contributed by atoms with Gasteiger partial charge >= 0.3 is 0 Å². The molecule has 2 aromatic heterocycles. The van der Waals surface area contributed by atoms with Crippen LogP contribution in [0.1, 0.15) is 17.7 Å². The van der Waals surface area contributed by atoms with Gasteiger partial charge in [0.25, 0.3) is 0 Å². The van der Waals surface area contributed by atoms with Gasteiger partial charge in [0.2, 0.25) is 11.8 Å². The fourth-order valence-electron chi connectivity index (χ4n) is 3.22. The molecule has 7 heteroatoms. The van der Waals surface area contributed by atoms with E-state index in [2.05, 4.69) is 15.3 Å². The van der Waals surface area contributed by atoms with Crippen molar-refractivity contribution in [3.05, 3.63) is 71.4 Å². The number of hydrogen-bond acceptors (Lipinski definition) is 5. The molecule has 28 heavy (non-hydrogen) atoms. The second-order valence-electron chi connectivity index (χ2n) is 6.74. The molecule has 3 heterocycles. The van der Waals surface area contributed by atoms with Crippen LogP contribution in [0, 0.1) is 5.92 Å². The summed E-state index contributed by atoms with van der Waals surface area (Å²) in [7, 11) is 0. The number of nitrogens with zero attached hydrogens (tertiary/aromatic N) is 3. The minimum absolute atomic E-state index is 0.0232. The summed E-state index contributed by atoms with van der Waals surface area (Å²) >= 11 is 1.50. The molecule has 4 rings (SSSR count). The Labute approximate surface area is 167 Å². The van der Waals surface area contributed by atoms with E-state index in [4.69, 9.17) is 0 Å². The lowest BCUT2D eigenvalue weighted by atomic mass is 10.1. The summed E-state index contributed by atoms with van der Waals surface area (Å²) in [6.45, 7) is 1.35. The molecular weight excluding hydrogens is 372 g/mol. The van der Waals surface area contributed by atoms with Gasteiger partial charge in [-0.3, -0.25) is 14.6 Å². The zero-order chi connectivity index (χ0) is 19.3. The Balaban J connectivity index is 1.31. The Morgan fingerprint density at radius 3 is 2.79 bits per heavy atom. The van der Waals surface area contributed by atoms with Gasteiger partial charge in [-0.2, -0.15) is 0 Å². The van der Waals surface area contributed by atoms with Crippen molar-refractivity contribution in [3.8, 4) is 10.7 Å². The summed E-state index contributed by atoms with van der Waals surface area (Å²) in [5, 5.41) is 5.67. The molecule has 0 radical (unpaired) electrons. The van der Waals surface area contributed by atoms with Gasteiger partial charge < -0.3 is 10.2 Å². The van der Waals surface area contributed by atoms with E-state index in [1.54, 1.807) is 11.1 Å². The van der Waals surface area contributed by atoms with Crippen molar-refractivity contribution in [2.75, 3.05) is 6.54 Å². The molecule has 1 N–H and O–H groups in total. The highest BCUT2D eigenvalue weighted by molar-refractivity contribution is 7.13. The van der Waals surface area contributed by atoms with E-state index in [9.17, 15) is 9.59 Å². The molecule has 3 aromatic rings. The van der Waals surface area contributed by atoms with Crippen LogP contribution in [-0.2, 0) is 22.7 Å². The standard InChI is InChI=1S/C21H20N4O2S/c26-19-10-16(13-25(19)12-15-6-2-1-3-7-15)20(27)23-11-17-14-28-21(24-17)18-8-4-5-9-22-18/h1-9,14,16H,10-13H2,(H,23,27). The maximum Gasteiger partial charge on any atom is 0.225 e. The Kier molecular flexibility index (Phi) is 5.43. The van der Waals surface area contributed by atoms with E-state index in [-0.39, 0.29) is 24.2 Å². The first-order valence-corrected chi connectivity index (χ1v) is 10.0. The van der Waals surface area contributed by atoms with Crippen LogP contribution in [-0.4, -0.2) is 33.2 Å². The number of hydrogen-bond donors (Lipinski definition) is 1. The van der Waals surface area contributed by atoms with E-state index < -0.39 is 0 Å². The second kappa shape index (κ2) is 8.31. The molecule has 1 atom stereocenters. The van der Waals surface area contributed by atoms with Crippen LogP contribution < -0.4 is 5.32 Å². The molecule has 0 saturated carbocycles. The van der Waals surface area contributed by atoms with Crippen molar-refractivity contribution < 1.29 is 9.59 Å². The number of amides is 2. The maximum absolute atomic E-state index is 12.5. The predicted octanol–water partition coefficient (Wildman–Crippen LogP) is 2.87. The average molecular weight is 392 g/mol. The van der Waals surface area contributed by atoms with Crippen LogP contribution in [0.2, 0.25) is 0 Å². The second-order valence-corrected chi connectivity index (χ2v) is 7.60. The molecule has 1 aliphatic heterocycles. The summed E-state index contributed by atoms with van der Waals surface area (Å²) in [5.74, 6) is -0.392. The van der Waals surface area contributed by atoms with Crippen LogP contribution in [0.3, 0.4) is 0 Å². The van der Waals surface area contributed by atoms with Crippen LogP contribution in [0.25, 0.3) is 10.7 Å². The maximum atomic E-state index is 12.5. The lowest BCUT2D eigenvalue weighted by molar-refractivity contribution is -0.129. The Bertz CT molecular complexity index is 959. The molecule has 1 fully saturated rings. The quantitative estimate of drug-likeness (QED) is 0.700. The van der Waals surface area contributed by atoms with Crippen LogP contribution in [0.4, 0.5) is 0 Å². The zero-order valence-corrected chi connectivity index (χ0v) is 16.1. The summed E-state index contributed by atoms with van der Waals surface area (Å²) in [5.41, 5.74) is 2.69. The predicted molar refractivity (Wildman–Crippen MR) is 107 cm³/mol. The fourth-order valence-corrected chi connectivity index (χ4v) is 4.02. The topological polar surface area (TPSA) is 75.2 Å². The average Bonchev–Trinajstić information content (AvgIpc) is 3.35. The minimum atomic E-state index is -0.315. The molecule has 1 saturated heterocycles. The molecule has 6 nitrogen and oxygen atoms in total. The number of thiazole rings is 1. The Morgan fingerprint density at radius 2 is 2.00 bits per heavy atom. The number of likely N-dealkylation sites (tertiary alicyclic amines) is 1. The van der Waals surface area contributed by atoms with Gasteiger partial charge in [-0.05, 0) is 17.7 Å². The van der Waals surface area contributed by atoms with E-state index in [0.717, 1.165) is 22.0 Å². The first-order chi connectivity index (χ1) is 13.7. The summed E-state index contributed by atoms with van der Waals surface area (Å²) in [6.07, 6.45) is 1.99. The largest absolute Gasteiger partial charge is 0.350 e. The van der Waals surface area contributed by atoms with Gasteiger partial charge in [0, 0.05) is 31.1 Å². The molecule has 0 bridgehead atoms. The Hall–Kier alpha value is -3.06. The summed E-state index contributed by atoms with van der Waals surface area (Å²) < 4.78 is 0. The highest BCUT2D eigenvalue weighted by Crippen LogP contribution is 2.22. The summed E-state index contributed by atoms with van der Waals surface area (Å²) in [6, 6.07) is 15.5. The van der Waals surface area contributed by atoms with Crippen LogP contribution in [0.5, 0.6) is 0 Å². The van der Waals surface area contributed by atoms with Crippen molar-refractivity contribution >= 4 is 23.2 Å².